The minimum atomic E-state index is -4.70. The summed E-state index contributed by atoms with van der Waals surface area (Å²) >= 11 is 3.23. The number of likely N-dealkylation sites (N-methyl/N-ethyl adjacent to an activating group) is 1. The highest BCUT2D eigenvalue weighted by atomic mass is 79.9. The van der Waals surface area contributed by atoms with Gasteiger partial charge < -0.3 is 10.0 Å². The van der Waals surface area contributed by atoms with Gasteiger partial charge in [0.25, 0.3) is 5.56 Å². The molecule has 9 heteroatoms. The maximum atomic E-state index is 13.3. The fourth-order valence-corrected chi connectivity index (χ4v) is 3.12. The fourth-order valence-electron chi connectivity index (χ4n) is 2.70. The molecule has 27 heavy (non-hydrogen) atoms. The first-order valence-electron chi connectivity index (χ1n) is 7.96. The number of carboxylic acid groups (broad SMARTS) is 1. The number of rotatable bonds is 6. The zero-order chi connectivity index (χ0) is 20.4. The maximum Gasteiger partial charge on any atom is 0.416 e. The number of pyridine rings is 1. The second-order valence-corrected chi connectivity index (χ2v) is 7.22. The van der Waals surface area contributed by atoms with Crippen LogP contribution < -0.4 is 5.56 Å². The van der Waals surface area contributed by atoms with Crippen LogP contribution >= 0.6 is 15.9 Å². The second-order valence-electron chi connectivity index (χ2n) is 6.30. The van der Waals surface area contributed by atoms with Crippen molar-refractivity contribution in [3.63, 3.8) is 0 Å². The fraction of sp³-hybridized carbons (Fsp3) is 0.333. The van der Waals surface area contributed by atoms with E-state index in [-0.39, 0.29) is 17.5 Å². The van der Waals surface area contributed by atoms with E-state index in [1.54, 1.807) is 31.1 Å². The summed E-state index contributed by atoms with van der Waals surface area (Å²) in [7, 11) is 3.43. The summed E-state index contributed by atoms with van der Waals surface area (Å²) < 4.78 is 41.4. The molecule has 146 valence electrons. The minimum Gasteiger partial charge on any atom is -0.479 e. The Labute approximate surface area is 162 Å². The molecule has 1 aromatic carbocycles. The molecule has 1 aromatic heterocycles. The van der Waals surface area contributed by atoms with Crippen molar-refractivity contribution >= 4 is 21.9 Å². The minimum absolute atomic E-state index is 0.0208. The number of alkyl halides is 3. The molecule has 0 saturated heterocycles. The molecule has 0 fully saturated rings. The van der Waals surface area contributed by atoms with Gasteiger partial charge >= 0.3 is 12.1 Å². The number of hydrogen-bond donors (Lipinski definition) is 1. The highest BCUT2D eigenvalue weighted by molar-refractivity contribution is 9.10. The Balaban J connectivity index is 2.65. The van der Waals surface area contributed by atoms with Crippen LogP contribution in [0.3, 0.4) is 0 Å². The SMILES string of the molecule is CN(C)CCc1cn(C(C(=O)O)c2cccc(Br)c2)c(=O)cc1C(F)(F)F. The Kier molecular flexibility index (Phi) is 6.48. The predicted octanol–water partition coefficient (Wildman–Crippen LogP) is 3.41. The smallest absolute Gasteiger partial charge is 0.416 e. The molecule has 2 aromatic rings. The van der Waals surface area contributed by atoms with Crippen molar-refractivity contribution < 1.29 is 23.1 Å². The third kappa shape index (κ3) is 5.20. The summed E-state index contributed by atoms with van der Waals surface area (Å²) in [6.45, 7) is 0.315. The number of carbonyl (C=O) groups is 1. The number of aliphatic carboxylic acids is 1. The van der Waals surface area contributed by atoms with Gasteiger partial charge in [-0.1, -0.05) is 28.1 Å². The number of benzene rings is 1. The number of aromatic nitrogens is 1. The topological polar surface area (TPSA) is 62.5 Å². The van der Waals surface area contributed by atoms with Crippen molar-refractivity contribution in [1.29, 1.82) is 0 Å². The standard InChI is InChI=1S/C18H18BrF3N2O3/c1-23(2)7-6-12-10-24(15(25)9-14(12)18(20,21)22)16(17(26)27)11-4-3-5-13(19)8-11/h3-5,8-10,16H,6-7H2,1-2H3,(H,26,27). The van der Waals surface area contributed by atoms with Crippen molar-refractivity contribution in [2.75, 3.05) is 20.6 Å². The summed E-state index contributed by atoms with van der Waals surface area (Å²) in [5.41, 5.74) is -1.92. The van der Waals surface area contributed by atoms with Gasteiger partial charge in [0.15, 0.2) is 6.04 Å². The molecule has 5 nitrogen and oxygen atoms in total. The molecule has 1 N–H and O–H groups in total. The van der Waals surface area contributed by atoms with E-state index in [1.165, 1.54) is 12.1 Å². The Morgan fingerprint density at radius 3 is 2.48 bits per heavy atom. The third-order valence-electron chi connectivity index (χ3n) is 3.97. The molecular weight excluding hydrogens is 429 g/mol. The van der Waals surface area contributed by atoms with E-state index >= 15 is 0 Å². The first-order valence-corrected chi connectivity index (χ1v) is 8.75. The van der Waals surface area contributed by atoms with Gasteiger partial charge in [0.05, 0.1) is 5.56 Å². The molecule has 0 bridgehead atoms. The van der Waals surface area contributed by atoms with Crippen LogP contribution in [0, 0.1) is 0 Å². The van der Waals surface area contributed by atoms with Crippen molar-refractivity contribution in [2.24, 2.45) is 0 Å². The van der Waals surface area contributed by atoms with Gasteiger partial charge in [-0.2, -0.15) is 13.2 Å². The first-order chi connectivity index (χ1) is 12.5. The molecule has 1 unspecified atom stereocenters. The van der Waals surface area contributed by atoms with Crippen molar-refractivity contribution in [3.8, 4) is 0 Å². The molecule has 0 amide bonds. The van der Waals surface area contributed by atoms with Gasteiger partial charge in [0.2, 0.25) is 0 Å². The lowest BCUT2D eigenvalue weighted by atomic mass is 10.0. The van der Waals surface area contributed by atoms with Crippen molar-refractivity contribution in [3.05, 3.63) is 68.0 Å². The van der Waals surface area contributed by atoms with Crippen LogP contribution in [0.4, 0.5) is 13.2 Å². The molecule has 0 spiro atoms. The van der Waals surface area contributed by atoms with Crippen molar-refractivity contribution in [2.45, 2.75) is 18.6 Å². The first kappa shape index (κ1) is 21.2. The lowest BCUT2D eigenvalue weighted by Crippen LogP contribution is -2.32. The van der Waals surface area contributed by atoms with E-state index in [0.29, 0.717) is 17.1 Å². The Bertz CT molecular complexity index is 894. The lowest BCUT2D eigenvalue weighted by Gasteiger charge is -2.21. The van der Waals surface area contributed by atoms with Gasteiger partial charge in [-0.25, -0.2) is 4.79 Å². The van der Waals surface area contributed by atoms with Crippen LogP contribution in [0.1, 0.15) is 22.7 Å². The van der Waals surface area contributed by atoms with E-state index in [0.717, 1.165) is 10.8 Å². The van der Waals surface area contributed by atoms with Gasteiger partial charge in [0, 0.05) is 23.3 Å². The van der Waals surface area contributed by atoms with Crippen LogP contribution in [0.2, 0.25) is 0 Å². The number of carboxylic acids is 1. The molecule has 0 aliphatic heterocycles. The Morgan fingerprint density at radius 2 is 1.96 bits per heavy atom. The highest BCUT2D eigenvalue weighted by Crippen LogP contribution is 2.32. The Hall–Kier alpha value is -2.13. The third-order valence-corrected chi connectivity index (χ3v) is 4.47. The molecule has 2 rings (SSSR count). The molecule has 1 atom stereocenters. The van der Waals surface area contributed by atoms with Gasteiger partial charge in [-0.15, -0.1) is 0 Å². The molecule has 0 aliphatic carbocycles. The van der Waals surface area contributed by atoms with E-state index in [4.69, 9.17) is 0 Å². The van der Waals surface area contributed by atoms with Crippen molar-refractivity contribution in [1.82, 2.24) is 9.47 Å². The molecule has 0 radical (unpaired) electrons. The number of nitrogens with zero attached hydrogens (tertiary/aromatic N) is 2. The highest BCUT2D eigenvalue weighted by Gasteiger charge is 2.35. The van der Waals surface area contributed by atoms with Crippen LogP contribution in [0.5, 0.6) is 0 Å². The van der Waals surface area contributed by atoms with Gasteiger partial charge in [-0.3, -0.25) is 9.36 Å². The van der Waals surface area contributed by atoms with Crippen LogP contribution in [0.25, 0.3) is 0 Å². The molecule has 1 heterocycles. The quantitative estimate of drug-likeness (QED) is 0.738. The molecule has 0 aliphatic rings. The molecule has 0 saturated carbocycles. The van der Waals surface area contributed by atoms with Gasteiger partial charge in [-0.05, 0) is 43.8 Å². The summed E-state index contributed by atoms with van der Waals surface area (Å²) in [6, 6.07) is 5.34. The summed E-state index contributed by atoms with van der Waals surface area (Å²) in [4.78, 5) is 25.9. The average molecular weight is 447 g/mol. The van der Waals surface area contributed by atoms with E-state index < -0.39 is 29.3 Å². The van der Waals surface area contributed by atoms with E-state index in [9.17, 15) is 27.9 Å². The maximum absolute atomic E-state index is 13.3. The van der Waals surface area contributed by atoms with Crippen LogP contribution in [-0.2, 0) is 17.4 Å². The number of hydrogen-bond acceptors (Lipinski definition) is 3. The number of halogens is 4. The summed E-state index contributed by atoms with van der Waals surface area (Å²) in [5, 5.41) is 9.63. The molecular formula is C18H18BrF3N2O3. The summed E-state index contributed by atoms with van der Waals surface area (Å²) in [6.07, 6.45) is -3.67. The second kappa shape index (κ2) is 8.26. The normalized spacial score (nSPS) is 13.0. The zero-order valence-corrected chi connectivity index (χ0v) is 16.2. The van der Waals surface area contributed by atoms with Crippen LogP contribution in [0.15, 0.2) is 45.8 Å². The monoisotopic (exact) mass is 446 g/mol. The van der Waals surface area contributed by atoms with E-state index in [2.05, 4.69) is 15.9 Å². The largest absolute Gasteiger partial charge is 0.479 e. The summed E-state index contributed by atoms with van der Waals surface area (Å²) in [5.74, 6) is -1.34. The lowest BCUT2D eigenvalue weighted by molar-refractivity contribution is -0.139. The van der Waals surface area contributed by atoms with Crippen LogP contribution in [-0.4, -0.2) is 41.2 Å². The predicted molar refractivity (Wildman–Crippen MR) is 97.9 cm³/mol. The average Bonchev–Trinajstić information content (AvgIpc) is 2.53. The Morgan fingerprint density at radius 1 is 1.30 bits per heavy atom. The van der Waals surface area contributed by atoms with E-state index in [1.807, 2.05) is 0 Å². The van der Waals surface area contributed by atoms with Gasteiger partial charge in [0.1, 0.15) is 0 Å². The zero-order valence-electron chi connectivity index (χ0n) is 14.6.